The summed E-state index contributed by atoms with van der Waals surface area (Å²) in [4.78, 5) is 13.4. The van der Waals surface area contributed by atoms with Gasteiger partial charge in [0.1, 0.15) is 0 Å². The Morgan fingerprint density at radius 1 is 1.06 bits per heavy atom. The fourth-order valence-corrected chi connectivity index (χ4v) is 4.27. The highest BCUT2D eigenvalue weighted by molar-refractivity contribution is 6.00. The van der Waals surface area contributed by atoms with Crippen molar-refractivity contribution in [3.05, 3.63) is 101 Å². The van der Waals surface area contributed by atoms with Crippen LogP contribution in [-0.4, -0.2) is 16.6 Å². The minimum absolute atomic E-state index is 0.0168. The van der Waals surface area contributed by atoms with Crippen molar-refractivity contribution in [3.8, 4) is 17.9 Å². The first-order valence-corrected chi connectivity index (χ1v) is 11.4. The predicted molar refractivity (Wildman–Crippen MR) is 130 cm³/mol. The molecule has 0 aliphatic heterocycles. The lowest BCUT2D eigenvalue weighted by Gasteiger charge is -2.27. The number of benzene rings is 3. The van der Waals surface area contributed by atoms with Crippen LogP contribution in [0.2, 0.25) is 0 Å². The van der Waals surface area contributed by atoms with Gasteiger partial charge in [0.25, 0.3) is 5.91 Å². The molecule has 0 heterocycles. The predicted octanol–water partition coefficient (Wildman–Crippen LogP) is 5.73. The van der Waals surface area contributed by atoms with Crippen LogP contribution in [-0.2, 0) is 16.4 Å². The number of nitriles is 1. The fraction of sp³-hybridized carbons (Fsp3) is 0.241. The lowest BCUT2D eigenvalue weighted by molar-refractivity contribution is -0.137. The molecule has 1 aliphatic rings. The van der Waals surface area contributed by atoms with Crippen molar-refractivity contribution >= 4 is 11.6 Å². The van der Waals surface area contributed by atoms with Gasteiger partial charge in [0, 0.05) is 17.7 Å². The van der Waals surface area contributed by atoms with E-state index >= 15 is 0 Å². The highest BCUT2D eigenvalue weighted by atomic mass is 19.4. The van der Waals surface area contributed by atoms with Gasteiger partial charge in [0.05, 0.1) is 17.2 Å². The van der Waals surface area contributed by atoms with Gasteiger partial charge < -0.3 is 10.4 Å². The second-order valence-electron chi connectivity index (χ2n) is 9.13. The summed E-state index contributed by atoms with van der Waals surface area (Å²) in [6.07, 6.45) is -3.31. The highest BCUT2D eigenvalue weighted by Gasteiger charge is 2.52. The average Bonchev–Trinajstić information content (AvgIpc) is 3.63. The van der Waals surface area contributed by atoms with Gasteiger partial charge in [-0.25, -0.2) is 0 Å². The van der Waals surface area contributed by atoms with E-state index in [0.29, 0.717) is 11.6 Å². The maximum absolute atomic E-state index is 13.4. The molecule has 0 bridgehead atoms. The molecule has 1 unspecified atom stereocenters. The molecular weight excluding hydrogens is 465 g/mol. The number of rotatable bonds is 5. The zero-order valence-corrected chi connectivity index (χ0v) is 19.5. The van der Waals surface area contributed by atoms with Crippen LogP contribution < -0.4 is 5.32 Å². The third-order valence-corrected chi connectivity index (χ3v) is 6.34. The Hall–Kier alpha value is -4.07. The van der Waals surface area contributed by atoms with E-state index in [-0.39, 0.29) is 12.1 Å². The number of alkyl halides is 3. The van der Waals surface area contributed by atoms with E-state index in [0.717, 1.165) is 30.0 Å². The molecule has 1 aliphatic carbocycles. The minimum atomic E-state index is -4.78. The summed E-state index contributed by atoms with van der Waals surface area (Å²) in [5.74, 6) is 4.65. The fourth-order valence-electron chi connectivity index (χ4n) is 4.27. The second-order valence-corrected chi connectivity index (χ2v) is 9.13. The number of halogens is 3. The van der Waals surface area contributed by atoms with Crippen LogP contribution >= 0.6 is 0 Å². The summed E-state index contributed by atoms with van der Waals surface area (Å²) >= 11 is 0. The van der Waals surface area contributed by atoms with Gasteiger partial charge in [-0.15, -0.1) is 0 Å². The summed E-state index contributed by atoms with van der Waals surface area (Å²) in [6.45, 7) is 1.89. The monoisotopic (exact) mass is 488 g/mol. The number of nitrogens with one attached hydrogen (secondary N) is 1. The summed E-state index contributed by atoms with van der Waals surface area (Å²) in [6, 6.07) is 21.1. The number of amides is 1. The van der Waals surface area contributed by atoms with Crippen LogP contribution in [0.5, 0.6) is 0 Å². The van der Waals surface area contributed by atoms with E-state index in [1.54, 1.807) is 12.1 Å². The molecule has 2 N–H and O–H groups in total. The molecule has 3 aromatic carbocycles. The minimum Gasteiger partial charge on any atom is -0.369 e. The first-order chi connectivity index (χ1) is 17.0. The van der Waals surface area contributed by atoms with Crippen LogP contribution in [0.25, 0.3) is 0 Å². The van der Waals surface area contributed by atoms with Gasteiger partial charge in [0.15, 0.2) is 0 Å². The van der Waals surface area contributed by atoms with Crippen molar-refractivity contribution in [2.45, 2.75) is 43.4 Å². The van der Waals surface area contributed by atoms with Crippen molar-refractivity contribution < 1.29 is 23.1 Å². The maximum atomic E-state index is 13.4. The van der Waals surface area contributed by atoms with Gasteiger partial charge in [-0.2, -0.15) is 18.4 Å². The SMILES string of the molecule is Cc1cccc(C#CC(O)(CC2(c3ccccc3)CC2)C(=O)Nc2ccc(C#N)c(C(F)(F)F)c2)c1. The van der Waals surface area contributed by atoms with E-state index in [2.05, 4.69) is 17.2 Å². The Balaban J connectivity index is 1.70. The average molecular weight is 489 g/mol. The zero-order chi connectivity index (χ0) is 26.0. The topological polar surface area (TPSA) is 73.1 Å². The van der Waals surface area contributed by atoms with E-state index in [1.165, 1.54) is 12.1 Å². The first-order valence-electron chi connectivity index (χ1n) is 11.4. The molecule has 4 rings (SSSR count). The number of anilines is 1. The van der Waals surface area contributed by atoms with E-state index < -0.39 is 34.2 Å². The lowest BCUT2D eigenvalue weighted by atomic mass is 9.82. The van der Waals surface area contributed by atoms with Crippen molar-refractivity contribution in [2.24, 2.45) is 0 Å². The number of nitrogens with zero attached hydrogens (tertiary/aromatic N) is 1. The summed E-state index contributed by atoms with van der Waals surface area (Å²) in [5.41, 5.74) is -2.04. The van der Waals surface area contributed by atoms with Crippen molar-refractivity contribution in [1.29, 1.82) is 5.26 Å². The number of carbonyl (C=O) groups is 1. The third kappa shape index (κ3) is 5.43. The van der Waals surface area contributed by atoms with Gasteiger partial charge in [-0.1, -0.05) is 54.3 Å². The van der Waals surface area contributed by atoms with Crippen LogP contribution in [0.4, 0.5) is 18.9 Å². The molecule has 4 nitrogen and oxygen atoms in total. The molecule has 1 fully saturated rings. The molecule has 36 heavy (non-hydrogen) atoms. The smallest absolute Gasteiger partial charge is 0.369 e. The number of carbonyl (C=O) groups excluding carboxylic acids is 1. The van der Waals surface area contributed by atoms with Gasteiger partial charge in [-0.3, -0.25) is 4.79 Å². The van der Waals surface area contributed by atoms with Crippen LogP contribution in [0.15, 0.2) is 72.8 Å². The van der Waals surface area contributed by atoms with Gasteiger partial charge in [0.2, 0.25) is 5.60 Å². The molecule has 182 valence electrons. The Kier molecular flexibility index (Phi) is 6.63. The molecule has 3 aromatic rings. The van der Waals surface area contributed by atoms with Crippen molar-refractivity contribution in [3.63, 3.8) is 0 Å². The maximum Gasteiger partial charge on any atom is 0.417 e. The molecule has 0 aromatic heterocycles. The number of hydrogen-bond acceptors (Lipinski definition) is 3. The zero-order valence-electron chi connectivity index (χ0n) is 19.5. The van der Waals surface area contributed by atoms with E-state index in [9.17, 15) is 23.1 Å². The van der Waals surface area contributed by atoms with Crippen molar-refractivity contribution in [2.75, 3.05) is 5.32 Å². The molecule has 1 amide bonds. The van der Waals surface area contributed by atoms with Crippen molar-refractivity contribution in [1.82, 2.24) is 0 Å². The van der Waals surface area contributed by atoms with Gasteiger partial charge in [-0.05, 0) is 66.6 Å². The Labute approximate surface area is 207 Å². The Morgan fingerprint density at radius 2 is 1.78 bits per heavy atom. The molecule has 1 saturated carbocycles. The Bertz CT molecular complexity index is 1390. The quantitative estimate of drug-likeness (QED) is 0.451. The summed E-state index contributed by atoms with van der Waals surface area (Å²) in [5, 5.41) is 23.0. The molecular formula is C29H23F3N2O2. The van der Waals surface area contributed by atoms with Crippen LogP contribution in [0, 0.1) is 30.1 Å². The molecule has 7 heteroatoms. The lowest BCUT2D eigenvalue weighted by Crippen LogP contribution is -2.44. The first kappa shape index (κ1) is 25.0. The number of aryl methyl sites for hydroxylation is 1. The van der Waals surface area contributed by atoms with E-state index in [4.69, 9.17) is 5.26 Å². The summed E-state index contributed by atoms with van der Waals surface area (Å²) < 4.78 is 40.2. The largest absolute Gasteiger partial charge is 0.417 e. The number of hydrogen-bond donors (Lipinski definition) is 2. The summed E-state index contributed by atoms with van der Waals surface area (Å²) in [7, 11) is 0. The van der Waals surface area contributed by atoms with E-state index in [1.807, 2.05) is 49.4 Å². The number of aliphatic hydroxyl groups is 1. The van der Waals surface area contributed by atoms with Crippen LogP contribution in [0.1, 0.15) is 47.1 Å². The highest BCUT2D eigenvalue weighted by Crippen LogP contribution is 2.53. The molecule has 1 atom stereocenters. The normalized spacial score (nSPS) is 15.6. The Morgan fingerprint density at radius 3 is 2.39 bits per heavy atom. The second kappa shape index (κ2) is 9.53. The van der Waals surface area contributed by atoms with Crippen LogP contribution in [0.3, 0.4) is 0 Å². The molecule has 0 saturated heterocycles. The molecule has 0 radical (unpaired) electrons. The van der Waals surface area contributed by atoms with Gasteiger partial charge >= 0.3 is 6.18 Å². The molecule has 0 spiro atoms. The standard InChI is InChI=1S/C29H23F3N2O2/c1-20-6-5-7-21(16-20)12-13-28(36,19-27(14-15-27)23-8-3-2-4-9-23)26(35)34-24-11-10-22(18-33)25(17-24)29(30,31)32/h2-11,16-17,36H,14-15,19H2,1H3,(H,34,35). The third-order valence-electron chi connectivity index (χ3n) is 6.34.